The highest BCUT2D eigenvalue weighted by Crippen LogP contribution is 2.24. The molecule has 1 aliphatic heterocycles. The van der Waals surface area contributed by atoms with Gasteiger partial charge in [0.1, 0.15) is 0 Å². The predicted molar refractivity (Wildman–Crippen MR) is 71.3 cm³/mol. The number of hydrogen-bond donors (Lipinski definition) is 0. The zero-order valence-electron chi connectivity index (χ0n) is 9.82. The first-order valence-electron chi connectivity index (χ1n) is 6.01. The fraction of sp³-hybridized carbons (Fsp3) is 0.0667. The van der Waals surface area contributed by atoms with E-state index in [1.807, 2.05) is 24.5 Å². The highest BCUT2D eigenvalue weighted by atomic mass is 15.2. The predicted octanol–water partition coefficient (Wildman–Crippen LogP) is 2.77. The second-order valence-electron chi connectivity index (χ2n) is 4.52. The summed E-state index contributed by atoms with van der Waals surface area (Å²) in [5.74, 6) is 0. The Morgan fingerprint density at radius 1 is 1.06 bits per heavy atom. The van der Waals surface area contributed by atoms with Crippen LogP contribution in [-0.4, -0.2) is 20.3 Å². The lowest BCUT2D eigenvalue weighted by Gasteiger charge is -2.12. The van der Waals surface area contributed by atoms with Gasteiger partial charge in [0, 0.05) is 36.1 Å². The van der Waals surface area contributed by atoms with Gasteiger partial charge >= 0.3 is 0 Å². The number of para-hydroxylation sites is 1. The molecule has 0 unspecified atom stereocenters. The molecule has 0 radical (unpaired) electrons. The minimum Gasteiger partial charge on any atom is -0.291 e. The van der Waals surface area contributed by atoms with Crippen molar-refractivity contribution in [2.75, 3.05) is 0 Å². The van der Waals surface area contributed by atoms with Crippen molar-refractivity contribution in [1.29, 1.82) is 0 Å². The maximum absolute atomic E-state index is 4.07. The van der Waals surface area contributed by atoms with Gasteiger partial charge in [-0.2, -0.15) is 4.58 Å². The Morgan fingerprint density at radius 3 is 2.83 bits per heavy atom. The van der Waals surface area contributed by atoms with Crippen molar-refractivity contribution in [3.05, 3.63) is 60.6 Å². The molecule has 0 bridgehead atoms. The van der Waals surface area contributed by atoms with Crippen LogP contribution in [0.25, 0.3) is 10.9 Å². The van der Waals surface area contributed by atoms with Crippen molar-refractivity contribution < 1.29 is 4.58 Å². The van der Waals surface area contributed by atoms with E-state index in [2.05, 4.69) is 50.8 Å². The van der Waals surface area contributed by atoms with Crippen LogP contribution in [0.4, 0.5) is 5.69 Å². The quantitative estimate of drug-likeness (QED) is 0.593. The minimum atomic E-state index is 0.852. The zero-order chi connectivity index (χ0) is 11.9. The lowest BCUT2D eigenvalue weighted by Crippen LogP contribution is -2.18. The Labute approximate surface area is 105 Å². The van der Waals surface area contributed by atoms with Crippen LogP contribution in [0.3, 0.4) is 0 Å². The molecule has 18 heavy (non-hydrogen) atoms. The average molecular weight is 234 g/mol. The van der Waals surface area contributed by atoms with Crippen molar-refractivity contribution in [3.8, 4) is 0 Å². The summed E-state index contributed by atoms with van der Waals surface area (Å²) in [5, 5.41) is 1.30. The van der Waals surface area contributed by atoms with Crippen LogP contribution < -0.4 is 0 Å². The third-order valence-corrected chi connectivity index (χ3v) is 3.41. The lowest BCUT2D eigenvalue weighted by atomic mass is 10.1. The van der Waals surface area contributed by atoms with Crippen LogP contribution in [0.2, 0.25) is 0 Å². The van der Waals surface area contributed by atoms with Crippen LogP contribution >= 0.6 is 0 Å². The molecule has 0 spiro atoms. The number of aromatic nitrogens is 2. The van der Waals surface area contributed by atoms with Gasteiger partial charge in [-0.15, -0.1) is 0 Å². The number of nitrogens with zero attached hydrogens (tertiary/aromatic N) is 3. The SMILES string of the molecule is C1=[N+](c2ccncc2)Cn2ccc3cccc1c32. The summed E-state index contributed by atoms with van der Waals surface area (Å²) in [6, 6.07) is 12.7. The molecule has 0 saturated heterocycles. The molecular weight excluding hydrogens is 222 g/mol. The van der Waals surface area contributed by atoms with Crippen molar-refractivity contribution in [3.63, 3.8) is 0 Å². The Kier molecular flexibility index (Phi) is 1.88. The highest BCUT2D eigenvalue weighted by molar-refractivity contribution is 5.97. The van der Waals surface area contributed by atoms with Gasteiger partial charge in [0.05, 0.1) is 11.1 Å². The molecule has 0 saturated carbocycles. The van der Waals surface area contributed by atoms with Crippen LogP contribution in [-0.2, 0) is 6.67 Å². The third-order valence-electron chi connectivity index (χ3n) is 3.41. The molecule has 1 aromatic carbocycles. The summed E-state index contributed by atoms with van der Waals surface area (Å²) in [4.78, 5) is 4.07. The number of benzene rings is 1. The van der Waals surface area contributed by atoms with E-state index in [1.165, 1.54) is 22.2 Å². The second-order valence-corrected chi connectivity index (χ2v) is 4.52. The van der Waals surface area contributed by atoms with Crippen LogP contribution in [0.5, 0.6) is 0 Å². The summed E-state index contributed by atoms with van der Waals surface area (Å²) < 4.78 is 4.52. The monoisotopic (exact) mass is 234 g/mol. The van der Waals surface area contributed by atoms with E-state index in [9.17, 15) is 0 Å². The zero-order valence-corrected chi connectivity index (χ0v) is 9.82. The average Bonchev–Trinajstić information content (AvgIpc) is 2.85. The van der Waals surface area contributed by atoms with E-state index in [1.54, 1.807) is 0 Å². The Hall–Kier alpha value is -2.42. The van der Waals surface area contributed by atoms with E-state index in [0.29, 0.717) is 0 Å². The van der Waals surface area contributed by atoms with E-state index in [4.69, 9.17) is 0 Å². The van der Waals surface area contributed by atoms with Crippen molar-refractivity contribution in [1.82, 2.24) is 9.55 Å². The number of pyridine rings is 1. The molecule has 86 valence electrons. The lowest BCUT2D eigenvalue weighted by molar-refractivity contribution is -0.471. The summed E-state index contributed by atoms with van der Waals surface area (Å²) in [7, 11) is 0. The first kappa shape index (κ1) is 9.59. The molecule has 3 nitrogen and oxygen atoms in total. The van der Waals surface area contributed by atoms with E-state index < -0.39 is 0 Å². The van der Waals surface area contributed by atoms with Crippen LogP contribution in [0, 0.1) is 0 Å². The molecule has 3 heteroatoms. The second kappa shape index (κ2) is 3.53. The Bertz CT molecular complexity index is 754. The van der Waals surface area contributed by atoms with Crippen LogP contribution in [0.1, 0.15) is 5.56 Å². The standard InChI is InChI=1S/C15H12N3/c1-2-12-6-9-17-11-18(10-13(3-1)15(12)17)14-4-7-16-8-5-14/h1-10H,11H2/q+1. The normalized spacial score (nSPS) is 13.7. The summed E-state index contributed by atoms with van der Waals surface area (Å²) in [6.07, 6.45) is 8.01. The molecule has 0 amide bonds. The Morgan fingerprint density at radius 2 is 1.94 bits per heavy atom. The van der Waals surface area contributed by atoms with Gasteiger partial charge < -0.3 is 0 Å². The maximum atomic E-state index is 4.07. The smallest absolute Gasteiger partial charge is 0.228 e. The topological polar surface area (TPSA) is 20.8 Å². The number of rotatable bonds is 1. The molecule has 4 rings (SSSR count). The van der Waals surface area contributed by atoms with Gasteiger partial charge in [-0.05, 0) is 12.1 Å². The highest BCUT2D eigenvalue weighted by Gasteiger charge is 2.19. The maximum Gasteiger partial charge on any atom is 0.228 e. The molecular formula is C15H12N3+. The van der Waals surface area contributed by atoms with Gasteiger partial charge in [-0.3, -0.25) is 9.55 Å². The fourth-order valence-electron chi connectivity index (χ4n) is 2.58. The van der Waals surface area contributed by atoms with Crippen LogP contribution in [0.15, 0.2) is 55.0 Å². The number of hydrogen-bond acceptors (Lipinski definition) is 1. The van der Waals surface area contributed by atoms with E-state index in [-0.39, 0.29) is 0 Å². The van der Waals surface area contributed by atoms with Gasteiger partial charge in [0.25, 0.3) is 0 Å². The van der Waals surface area contributed by atoms with Gasteiger partial charge in [0.2, 0.25) is 12.4 Å². The summed E-state index contributed by atoms with van der Waals surface area (Å²) in [6.45, 7) is 0.852. The van der Waals surface area contributed by atoms with Gasteiger partial charge in [0.15, 0.2) is 6.21 Å². The van der Waals surface area contributed by atoms with Crippen molar-refractivity contribution in [2.45, 2.75) is 6.67 Å². The van der Waals surface area contributed by atoms with E-state index in [0.717, 1.165) is 6.67 Å². The molecule has 0 N–H and O–H groups in total. The molecule has 0 fully saturated rings. The largest absolute Gasteiger partial charge is 0.291 e. The first-order chi connectivity index (χ1) is 8.92. The molecule has 0 aliphatic carbocycles. The summed E-state index contributed by atoms with van der Waals surface area (Å²) >= 11 is 0. The van der Waals surface area contributed by atoms with Gasteiger partial charge in [-0.1, -0.05) is 12.1 Å². The van der Waals surface area contributed by atoms with Crippen molar-refractivity contribution >= 4 is 22.8 Å². The van der Waals surface area contributed by atoms with Gasteiger partial charge in [-0.25, -0.2) is 0 Å². The molecule has 2 aromatic heterocycles. The third kappa shape index (κ3) is 1.31. The summed E-state index contributed by atoms with van der Waals surface area (Å²) in [5.41, 5.74) is 3.75. The first-order valence-corrected chi connectivity index (χ1v) is 6.01. The van der Waals surface area contributed by atoms with Crippen molar-refractivity contribution in [2.24, 2.45) is 0 Å². The fourth-order valence-corrected chi connectivity index (χ4v) is 2.58. The molecule has 3 aromatic rings. The molecule has 1 aliphatic rings. The molecule has 3 heterocycles. The van der Waals surface area contributed by atoms with E-state index >= 15 is 0 Å². The Balaban J connectivity index is 1.94. The molecule has 0 atom stereocenters. The minimum absolute atomic E-state index is 0.852.